The van der Waals surface area contributed by atoms with Gasteiger partial charge in [0.05, 0.1) is 0 Å². The molecule has 2 saturated carbocycles. The van der Waals surface area contributed by atoms with Gasteiger partial charge in [0.1, 0.15) is 23.0 Å². The molecule has 6 rings (SSSR count). The summed E-state index contributed by atoms with van der Waals surface area (Å²) in [5.74, 6) is 4.97. The lowest BCUT2D eigenvalue weighted by Gasteiger charge is -2.43. The van der Waals surface area contributed by atoms with Crippen LogP contribution in [0.4, 0.5) is 0 Å². The summed E-state index contributed by atoms with van der Waals surface area (Å²) >= 11 is 0. The predicted octanol–water partition coefficient (Wildman–Crippen LogP) is 11.2. The van der Waals surface area contributed by atoms with Crippen LogP contribution in [0.1, 0.15) is 114 Å². The third-order valence-corrected chi connectivity index (χ3v) is 12.3. The van der Waals surface area contributed by atoms with E-state index in [-0.39, 0.29) is 10.8 Å². The predicted molar refractivity (Wildman–Crippen MR) is 197 cm³/mol. The van der Waals surface area contributed by atoms with E-state index in [0.717, 1.165) is 0 Å². The van der Waals surface area contributed by atoms with Gasteiger partial charge in [-0.3, -0.25) is 0 Å². The normalized spacial score (nSPS) is 24.7. The first-order valence-corrected chi connectivity index (χ1v) is 17.9. The molecular weight excluding hydrogens is 592 g/mol. The highest BCUT2D eigenvalue weighted by atomic mass is 16.3. The van der Waals surface area contributed by atoms with Gasteiger partial charge in [-0.2, -0.15) is 0 Å². The molecule has 256 valence electrons. The Balaban J connectivity index is 0.000000188. The van der Waals surface area contributed by atoms with Crippen LogP contribution >= 0.6 is 0 Å². The minimum absolute atomic E-state index is 0.0863. The van der Waals surface area contributed by atoms with Crippen molar-refractivity contribution >= 4 is 0 Å². The molecule has 48 heavy (non-hydrogen) atoms. The van der Waals surface area contributed by atoms with E-state index >= 15 is 0 Å². The molecule has 2 aliphatic rings. The SMILES string of the molecule is CC1CCC(C(C)(C)c2ccc(O)cc2)CC1c1ccc(O)cc1.CC1CCC(C(C)(C)c2ccc(O)cc2)CC1c1ccc(O)cc1. The molecule has 0 radical (unpaired) electrons. The van der Waals surface area contributed by atoms with E-state index in [2.05, 4.69) is 90.1 Å². The van der Waals surface area contributed by atoms with Crippen molar-refractivity contribution in [1.82, 2.24) is 0 Å². The molecule has 0 bridgehead atoms. The molecule has 0 aromatic heterocycles. The van der Waals surface area contributed by atoms with Crippen molar-refractivity contribution in [2.45, 2.75) is 103 Å². The van der Waals surface area contributed by atoms with Crippen LogP contribution in [-0.4, -0.2) is 20.4 Å². The zero-order valence-corrected chi connectivity index (χ0v) is 29.7. The lowest BCUT2D eigenvalue weighted by molar-refractivity contribution is 0.177. The van der Waals surface area contributed by atoms with E-state index in [1.165, 1.54) is 60.8 Å². The van der Waals surface area contributed by atoms with Crippen LogP contribution in [0, 0.1) is 23.7 Å². The van der Waals surface area contributed by atoms with Crippen LogP contribution in [0.5, 0.6) is 23.0 Å². The summed E-state index contributed by atoms with van der Waals surface area (Å²) in [5.41, 5.74) is 5.44. The van der Waals surface area contributed by atoms with Crippen molar-refractivity contribution in [2.75, 3.05) is 0 Å². The zero-order chi connectivity index (χ0) is 34.6. The maximum atomic E-state index is 9.56. The van der Waals surface area contributed by atoms with Gasteiger partial charge in [0.2, 0.25) is 0 Å². The fourth-order valence-corrected chi connectivity index (χ4v) is 8.58. The summed E-state index contributed by atoms with van der Waals surface area (Å²) in [6.45, 7) is 14.0. The van der Waals surface area contributed by atoms with Gasteiger partial charge in [0.25, 0.3) is 0 Å². The maximum absolute atomic E-state index is 9.56. The maximum Gasteiger partial charge on any atom is 0.115 e. The monoisotopic (exact) mass is 648 g/mol. The molecule has 2 fully saturated rings. The zero-order valence-electron chi connectivity index (χ0n) is 29.7. The minimum atomic E-state index is 0.0863. The quantitative estimate of drug-likeness (QED) is 0.168. The lowest BCUT2D eigenvalue weighted by Crippen LogP contribution is -2.34. The standard InChI is InChI=1S/2C22H28O2/c2*1-15-4-7-18(14-21(15)16-5-10-19(23)11-6-16)22(2,3)17-8-12-20(24)13-9-17/h2*5-6,8-13,15,18,21,23-24H,4,7,14H2,1-3H3. The first kappa shape index (κ1) is 35.4. The van der Waals surface area contributed by atoms with Crippen LogP contribution in [0.25, 0.3) is 0 Å². The van der Waals surface area contributed by atoms with Crippen molar-refractivity contribution in [1.29, 1.82) is 0 Å². The molecule has 4 aromatic carbocycles. The number of aromatic hydroxyl groups is 4. The lowest BCUT2D eigenvalue weighted by atomic mass is 9.62. The Morgan fingerprint density at radius 2 is 0.688 bits per heavy atom. The minimum Gasteiger partial charge on any atom is -0.508 e. The molecule has 4 aromatic rings. The fourth-order valence-electron chi connectivity index (χ4n) is 8.58. The number of benzene rings is 4. The molecule has 0 aliphatic heterocycles. The van der Waals surface area contributed by atoms with Gasteiger partial charge in [0.15, 0.2) is 0 Å². The van der Waals surface area contributed by atoms with E-state index in [9.17, 15) is 20.4 Å². The van der Waals surface area contributed by atoms with Crippen molar-refractivity contribution in [3.05, 3.63) is 119 Å². The summed E-state index contributed by atoms with van der Waals surface area (Å²) in [4.78, 5) is 0. The van der Waals surface area contributed by atoms with Crippen molar-refractivity contribution in [3.8, 4) is 23.0 Å². The van der Waals surface area contributed by atoms with E-state index in [0.29, 0.717) is 58.5 Å². The molecule has 4 nitrogen and oxygen atoms in total. The van der Waals surface area contributed by atoms with Gasteiger partial charge < -0.3 is 20.4 Å². The second-order valence-electron chi connectivity index (χ2n) is 15.9. The largest absolute Gasteiger partial charge is 0.508 e. The van der Waals surface area contributed by atoms with Gasteiger partial charge in [-0.1, -0.05) is 90.1 Å². The molecule has 0 heterocycles. The van der Waals surface area contributed by atoms with Gasteiger partial charge in [0, 0.05) is 0 Å². The van der Waals surface area contributed by atoms with Crippen LogP contribution in [0.2, 0.25) is 0 Å². The first-order chi connectivity index (χ1) is 22.8. The average Bonchev–Trinajstić information content (AvgIpc) is 3.07. The Labute approximate surface area is 288 Å². The second-order valence-corrected chi connectivity index (χ2v) is 15.9. The third kappa shape index (κ3) is 8.02. The molecule has 4 N–H and O–H groups in total. The summed E-state index contributed by atoms with van der Waals surface area (Å²) < 4.78 is 0. The summed E-state index contributed by atoms with van der Waals surface area (Å²) in [5, 5.41) is 38.2. The average molecular weight is 649 g/mol. The highest BCUT2D eigenvalue weighted by molar-refractivity contribution is 5.35. The molecule has 0 saturated heterocycles. The third-order valence-electron chi connectivity index (χ3n) is 12.3. The molecule has 6 unspecified atom stereocenters. The van der Waals surface area contributed by atoms with Crippen LogP contribution < -0.4 is 0 Å². The molecule has 6 atom stereocenters. The van der Waals surface area contributed by atoms with Crippen molar-refractivity contribution in [2.24, 2.45) is 23.7 Å². The van der Waals surface area contributed by atoms with E-state index in [4.69, 9.17) is 0 Å². The smallest absolute Gasteiger partial charge is 0.115 e. The Morgan fingerprint density at radius 1 is 0.417 bits per heavy atom. The first-order valence-electron chi connectivity index (χ1n) is 17.9. The molecule has 0 spiro atoms. The highest BCUT2D eigenvalue weighted by Gasteiger charge is 2.39. The Hall–Kier alpha value is -3.92. The summed E-state index contributed by atoms with van der Waals surface area (Å²) in [6, 6.07) is 30.9. The summed E-state index contributed by atoms with van der Waals surface area (Å²) in [7, 11) is 0. The molecule has 4 heteroatoms. The highest BCUT2D eigenvalue weighted by Crippen LogP contribution is 2.49. The number of hydrogen-bond donors (Lipinski definition) is 4. The van der Waals surface area contributed by atoms with Gasteiger partial charge in [-0.05, 0) is 156 Å². The Kier molecular flexibility index (Phi) is 10.8. The molecule has 0 amide bonds. The number of hydrogen-bond acceptors (Lipinski definition) is 4. The molecule has 2 aliphatic carbocycles. The van der Waals surface area contributed by atoms with Gasteiger partial charge >= 0.3 is 0 Å². The van der Waals surface area contributed by atoms with Gasteiger partial charge in [-0.25, -0.2) is 0 Å². The Bertz CT molecular complexity index is 1460. The van der Waals surface area contributed by atoms with Crippen LogP contribution in [0.15, 0.2) is 97.1 Å². The topological polar surface area (TPSA) is 80.9 Å². The van der Waals surface area contributed by atoms with Crippen molar-refractivity contribution < 1.29 is 20.4 Å². The Morgan fingerprint density at radius 3 is 0.979 bits per heavy atom. The molecular formula is C44H56O4. The number of phenols is 4. The van der Waals surface area contributed by atoms with E-state index in [1.807, 2.05) is 0 Å². The number of phenolic OH excluding ortho intramolecular Hbond substituents is 4. The van der Waals surface area contributed by atoms with Crippen molar-refractivity contribution in [3.63, 3.8) is 0 Å². The van der Waals surface area contributed by atoms with E-state index in [1.54, 1.807) is 48.5 Å². The van der Waals surface area contributed by atoms with E-state index < -0.39 is 0 Å². The number of rotatable bonds is 6. The van der Waals surface area contributed by atoms with Crippen LogP contribution in [-0.2, 0) is 10.8 Å². The fraction of sp³-hybridized carbons (Fsp3) is 0.455. The summed E-state index contributed by atoms with van der Waals surface area (Å²) in [6.07, 6.45) is 7.28. The van der Waals surface area contributed by atoms with Crippen LogP contribution in [0.3, 0.4) is 0 Å². The second kappa shape index (κ2) is 14.7. The van der Waals surface area contributed by atoms with Gasteiger partial charge in [-0.15, -0.1) is 0 Å².